The van der Waals surface area contributed by atoms with Crippen molar-refractivity contribution >= 4 is 21.6 Å². The Hall–Kier alpha value is -1.44. The van der Waals surface area contributed by atoms with Crippen molar-refractivity contribution in [2.75, 3.05) is 11.9 Å². The first kappa shape index (κ1) is 15.6. The first-order chi connectivity index (χ1) is 8.76. The molecule has 0 aliphatic heterocycles. The summed E-state index contributed by atoms with van der Waals surface area (Å²) in [7, 11) is -3.53. The molecule has 0 spiro atoms. The van der Waals surface area contributed by atoms with E-state index in [4.69, 9.17) is 5.14 Å². The van der Waals surface area contributed by atoms with Crippen LogP contribution in [0.2, 0.25) is 0 Å². The summed E-state index contributed by atoms with van der Waals surface area (Å²) in [5.74, 6) is -0.358. The van der Waals surface area contributed by atoms with Gasteiger partial charge >= 0.3 is 0 Å². The minimum atomic E-state index is -3.53. The number of primary sulfonamides is 1. The number of hydrogen-bond acceptors (Lipinski definition) is 4. The van der Waals surface area contributed by atoms with E-state index in [1.807, 2.05) is 13.8 Å². The number of sulfonamides is 1. The van der Waals surface area contributed by atoms with Gasteiger partial charge in [-0.15, -0.1) is 0 Å². The van der Waals surface area contributed by atoms with Crippen molar-refractivity contribution in [2.45, 2.75) is 25.6 Å². The molecule has 6 nitrogen and oxygen atoms in total. The fourth-order valence-electron chi connectivity index (χ4n) is 1.42. The summed E-state index contributed by atoms with van der Waals surface area (Å²) in [6.45, 7) is 4.14. The number of nitrogens with one attached hydrogen (secondary N) is 2. The quantitative estimate of drug-likeness (QED) is 0.704. The van der Waals surface area contributed by atoms with E-state index in [1.54, 1.807) is 24.3 Å². The van der Waals surface area contributed by atoms with Crippen molar-refractivity contribution in [1.29, 1.82) is 0 Å². The lowest BCUT2D eigenvalue weighted by molar-refractivity contribution is -0.115. The molecule has 0 saturated heterocycles. The highest BCUT2D eigenvalue weighted by atomic mass is 32.2. The maximum Gasteiger partial charge on any atom is 0.238 e. The van der Waals surface area contributed by atoms with E-state index >= 15 is 0 Å². The molecule has 0 radical (unpaired) electrons. The smallest absolute Gasteiger partial charge is 0.238 e. The first-order valence-electron chi connectivity index (χ1n) is 5.89. The molecule has 106 valence electrons. The summed E-state index contributed by atoms with van der Waals surface area (Å²) < 4.78 is 21.8. The summed E-state index contributed by atoms with van der Waals surface area (Å²) in [6.07, 6.45) is 0. The molecule has 0 fully saturated rings. The first-order valence-corrected chi connectivity index (χ1v) is 7.60. The molecule has 1 aromatic carbocycles. The molecule has 0 saturated carbocycles. The summed E-state index contributed by atoms with van der Waals surface area (Å²) >= 11 is 0. The van der Waals surface area contributed by atoms with Crippen molar-refractivity contribution in [3.05, 3.63) is 29.8 Å². The van der Waals surface area contributed by atoms with Gasteiger partial charge < -0.3 is 10.6 Å². The van der Waals surface area contributed by atoms with E-state index in [2.05, 4.69) is 10.6 Å². The number of anilines is 1. The normalized spacial score (nSPS) is 11.6. The molecule has 19 heavy (non-hydrogen) atoms. The molecule has 7 heteroatoms. The SMILES string of the molecule is CC(C)NCC(=O)Nc1ccc(CS(N)(=O)=O)cc1. The standard InChI is InChI=1S/C12H19N3O3S/c1-9(2)14-7-12(16)15-11-5-3-10(4-6-11)8-19(13,17)18/h3-6,9,14H,7-8H2,1-2H3,(H,15,16)(H2,13,17,18). The summed E-state index contributed by atoms with van der Waals surface area (Å²) in [4.78, 5) is 11.5. The number of amides is 1. The minimum absolute atomic E-state index is 0.145. The Bertz CT molecular complexity index is 524. The van der Waals surface area contributed by atoms with Gasteiger partial charge in [0, 0.05) is 11.7 Å². The summed E-state index contributed by atoms with van der Waals surface area (Å²) in [5, 5.41) is 10.7. The lowest BCUT2D eigenvalue weighted by atomic mass is 10.2. The zero-order valence-electron chi connectivity index (χ0n) is 11.0. The molecular weight excluding hydrogens is 266 g/mol. The van der Waals surface area contributed by atoms with E-state index in [0.29, 0.717) is 11.3 Å². The second-order valence-corrected chi connectivity index (χ2v) is 6.20. The van der Waals surface area contributed by atoms with E-state index in [9.17, 15) is 13.2 Å². The van der Waals surface area contributed by atoms with E-state index in [-0.39, 0.29) is 24.2 Å². The van der Waals surface area contributed by atoms with Gasteiger partial charge in [-0.2, -0.15) is 0 Å². The number of benzene rings is 1. The van der Waals surface area contributed by atoms with E-state index in [1.165, 1.54) is 0 Å². The predicted molar refractivity (Wildman–Crippen MR) is 75.0 cm³/mol. The van der Waals surface area contributed by atoms with Gasteiger partial charge in [-0.05, 0) is 17.7 Å². The number of nitrogens with two attached hydrogens (primary N) is 1. The number of carbonyl (C=O) groups is 1. The molecule has 1 aromatic rings. The van der Waals surface area contributed by atoms with Crippen LogP contribution in [0.1, 0.15) is 19.4 Å². The van der Waals surface area contributed by atoms with Crippen LogP contribution in [0.4, 0.5) is 5.69 Å². The Morgan fingerprint density at radius 3 is 2.32 bits per heavy atom. The third-order valence-corrected chi connectivity index (χ3v) is 3.01. The molecule has 0 bridgehead atoms. The van der Waals surface area contributed by atoms with Crippen molar-refractivity contribution in [2.24, 2.45) is 5.14 Å². The fraction of sp³-hybridized carbons (Fsp3) is 0.417. The predicted octanol–water partition coefficient (Wildman–Crippen LogP) is 0.412. The fourth-order valence-corrected chi connectivity index (χ4v) is 2.08. The largest absolute Gasteiger partial charge is 0.325 e. The highest BCUT2D eigenvalue weighted by Gasteiger charge is 2.06. The second-order valence-electron chi connectivity index (χ2n) is 4.59. The van der Waals surface area contributed by atoms with Gasteiger partial charge in [-0.1, -0.05) is 26.0 Å². The van der Waals surface area contributed by atoms with Gasteiger partial charge in [-0.25, -0.2) is 13.6 Å². The van der Waals surface area contributed by atoms with Crippen molar-refractivity contribution in [1.82, 2.24) is 5.32 Å². The number of rotatable bonds is 6. The Kier molecular flexibility index (Phi) is 5.46. The van der Waals surface area contributed by atoms with Crippen molar-refractivity contribution in [3.63, 3.8) is 0 Å². The van der Waals surface area contributed by atoms with E-state index in [0.717, 1.165) is 0 Å². The molecule has 1 amide bonds. The van der Waals surface area contributed by atoms with Crippen LogP contribution in [0, 0.1) is 0 Å². The maximum atomic E-state index is 11.5. The summed E-state index contributed by atoms with van der Waals surface area (Å²) in [6, 6.07) is 6.77. The lowest BCUT2D eigenvalue weighted by Gasteiger charge is -2.09. The Labute approximate surface area is 113 Å². The van der Waals surface area contributed by atoms with Crippen LogP contribution < -0.4 is 15.8 Å². The number of hydrogen-bond donors (Lipinski definition) is 3. The monoisotopic (exact) mass is 285 g/mol. The van der Waals surface area contributed by atoms with Crippen molar-refractivity contribution in [3.8, 4) is 0 Å². The molecular formula is C12H19N3O3S. The third kappa shape index (κ3) is 6.90. The van der Waals surface area contributed by atoms with Crippen LogP contribution in [0.5, 0.6) is 0 Å². The molecule has 0 atom stereocenters. The molecule has 0 unspecified atom stereocenters. The average Bonchev–Trinajstić information content (AvgIpc) is 2.27. The van der Waals surface area contributed by atoms with Crippen LogP contribution in [0.15, 0.2) is 24.3 Å². The van der Waals surface area contributed by atoms with Gasteiger partial charge in [-0.3, -0.25) is 4.79 Å². The van der Waals surface area contributed by atoms with Crippen LogP contribution in [0.3, 0.4) is 0 Å². The average molecular weight is 285 g/mol. The zero-order valence-corrected chi connectivity index (χ0v) is 11.8. The third-order valence-electron chi connectivity index (χ3n) is 2.28. The molecule has 1 rings (SSSR count). The van der Waals surface area contributed by atoms with Gasteiger partial charge in [0.2, 0.25) is 15.9 Å². The van der Waals surface area contributed by atoms with Crippen LogP contribution in [-0.2, 0) is 20.6 Å². The van der Waals surface area contributed by atoms with Crippen LogP contribution in [0.25, 0.3) is 0 Å². The van der Waals surface area contributed by atoms with Crippen LogP contribution >= 0.6 is 0 Å². The van der Waals surface area contributed by atoms with Crippen molar-refractivity contribution < 1.29 is 13.2 Å². The molecule has 4 N–H and O–H groups in total. The zero-order chi connectivity index (χ0) is 14.5. The van der Waals surface area contributed by atoms with Gasteiger partial charge in [0.1, 0.15) is 0 Å². The Balaban J connectivity index is 2.55. The Morgan fingerprint density at radius 2 is 1.84 bits per heavy atom. The molecule has 0 aromatic heterocycles. The molecule has 0 aliphatic rings. The van der Waals surface area contributed by atoms with Gasteiger partial charge in [0.25, 0.3) is 0 Å². The topological polar surface area (TPSA) is 101 Å². The summed E-state index contributed by atoms with van der Waals surface area (Å²) in [5.41, 5.74) is 1.20. The highest BCUT2D eigenvalue weighted by molar-refractivity contribution is 7.88. The minimum Gasteiger partial charge on any atom is -0.325 e. The maximum absolute atomic E-state index is 11.5. The van der Waals surface area contributed by atoms with E-state index < -0.39 is 10.0 Å². The number of carbonyl (C=O) groups excluding carboxylic acids is 1. The Morgan fingerprint density at radius 1 is 1.26 bits per heavy atom. The van der Waals surface area contributed by atoms with Crippen LogP contribution in [-0.4, -0.2) is 26.9 Å². The molecule has 0 heterocycles. The highest BCUT2D eigenvalue weighted by Crippen LogP contribution is 2.11. The molecule has 0 aliphatic carbocycles. The second kappa shape index (κ2) is 6.65. The van der Waals surface area contributed by atoms with Gasteiger partial charge in [0.15, 0.2) is 0 Å². The lowest BCUT2D eigenvalue weighted by Crippen LogP contribution is -2.32. The van der Waals surface area contributed by atoms with Gasteiger partial charge in [0.05, 0.1) is 12.3 Å².